The molecule has 3 aromatic rings. The van der Waals surface area contributed by atoms with Crippen molar-refractivity contribution in [1.29, 1.82) is 5.26 Å². The van der Waals surface area contributed by atoms with Crippen molar-refractivity contribution in [1.82, 2.24) is 4.98 Å². The van der Waals surface area contributed by atoms with Crippen LogP contribution >= 0.6 is 0 Å². The van der Waals surface area contributed by atoms with Gasteiger partial charge in [0, 0.05) is 11.6 Å². The predicted molar refractivity (Wildman–Crippen MR) is 91.9 cm³/mol. The number of carbonyl (C=O) groups excluding carboxylic acids is 2. The molecule has 0 saturated carbocycles. The van der Waals surface area contributed by atoms with Crippen LogP contribution < -0.4 is 5.32 Å². The van der Waals surface area contributed by atoms with Gasteiger partial charge in [-0.15, -0.1) is 0 Å². The summed E-state index contributed by atoms with van der Waals surface area (Å²) in [6.07, 6.45) is 3.61. The molecule has 0 aliphatic rings. The minimum Gasteiger partial charge on any atom is -0.464 e. The van der Waals surface area contributed by atoms with Gasteiger partial charge in [-0.2, -0.15) is 5.26 Å². The fourth-order valence-corrected chi connectivity index (χ4v) is 2.51. The van der Waals surface area contributed by atoms with Gasteiger partial charge < -0.3 is 9.73 Å². The highest BCUT2D eigenvalue weighted by molar-refractivity contribution is 6.19. The number of aromatic nitrogens is 1. The van der Waals surface area contributed by atoms with E-state index in [2.05, 4.69) is 10.3 Å². The first-order valence-electron chi connectivity index (χ1n) is 7.80. The lowest BCUT2D eigenvalue weighted by Gasteiger charge is -2.08. The zero-order valence-corrected chi connectivity index (χ0v) is 13.5. The minimum atomic E-state index is -1.48. The number of nitrogens with zero attached hydrogens (tertiary/aromatic N) is 2. The van der Waals surface area contributed by atoms with Gasteiger partial charge in [-0.1, -0.05) is 19.1 Å². The Kier molecular flexibility index (Phi) is 4.57. The number of ketones is 1. The van der Waals surface area contributed by atoms with Crippen molar-refractivity contribution < 1.29 is 14.0 Å². The molecule has 1 aromatic carbocycles. The van der Waals surface area contributed by atoms with Gasteiger partial charge in [0.05, 0.1) is 11.6 Å². The van der Waals surface area contributed by atoms with E-state index in [1.807, 2.05) is 19.1 Å². The van der Waals surface area contributed by atoms with Crippen LogP contribution in [-0.4, -0.2) is 16.7 Å². The number of benzene rings is 1. The van der Waals surface area contributed by atoms with Gasteiger partial charge in [0.15, 0.2) is 11.7 Å². The molecule has 2 aromatic heterocycles. The van der Waals surface area contributed by atoms with Crippen LogP contribution in [-0.2, 0) is 11.2 Å². The van der Waals surface area contributed by atoms with E-state index in [0.717, 1.165) is 12.0 Å². The zero-order chi connectivity index (χ0) is 17.8. The molecule has 1 amide bonds. The monoisotopic (exact) mass is 333 g/mol. The maximum atomic E-state index is 12.7. The fraction of sp³-hybridized carbons (Fsp3) is 0.158. The van der Waals surface area contributed by atoms with Gasteiger partial charge in [-0.3, -0.25) is 9.59 Å². The van der Waals surface area contributed by atoms with Crippen LogP contribution in [0.15, 0.2) is 53.3 Å². The fourth-order valence-electron chi connectivity index (χ4n) is 2.51. The molecule has 6 nitrogen and oxygen atoms in total. The van der Waals surface area contributed by atoms with Crippen molar-refractivity contribution >= 4 is 28.5 Å². The molecule has 0 saturated heterocycles. The Hall–Kier alpha value is -3.46. The Labute approximate surface area is 144 Å². The summed E-state index contributed by atoms with van der Waals surface area (Å²) in [4.78, 5) is 29.0. The molecule has 0 aliphatic carbocycles. The Morgan fingerprint density at radius 2 is 2.16 bits per heavy atom. The van der Waals surface area contributed by atoms with Crippen molar-refractivity contribution in [3.63, 3.8) is 0 Å². The summed E-state index contributed by atoms with van der Waals surface area (Å²) >= 11 is 0. The molecule has 0 spiro atoms. The van der Waals surface area contributed by atoms with Gasteiger partial charge in [-0.25, -0.2) is 4.98 Å². The van der Waals surface area contributed by atoms with Gasteiger partial charge in [0.25, 0.3) is 5.91 Å². The molecule has 0 fully saturated rings. The van der Waals surface area contributed by atoms with Crippen molar-refractivity contribution in [2.45, 2.75) is 13.3 Å². The molecule has 0 aliphatic heterocycles. The topological polar surface area (TPSA) is 96.0 Å². The predicted octanol–water partition coefficient (Wildman–Crippen LogP) is 3.35. The van der Waals surface area contributed by atoms with Gasteiger partial charge in [0.2, 0.25) is 0 Å². The van der Waals surface area contributed by atoms with Crippen LogP contribution in [0.3, 0.4) is 0 Å². The molecular formula is C19H15N3O3. The van der Waals surface area contributed by atoms with E-state index in [0.29, 0.717) is 11.0 Å². The number of Topliss-reactive ketones (excluding diaryl/α,β-unsaturated/α-hetero) is 1. The average molecular weight is 333 g/mol. The lowest BCUT2D eigenvalue weighted by Crippen LogP contribution is -2.28. The highest BCUT2D eigenvalue weighted by Crippen LogP contribution is 2.25. The van der Waals surface area contributed by atoms with Crippen LogP contribution in [0.4, 0.5) is 5.82 Å². The smallest absolute Gasteiger partial charge is 0.250 e. The molecule has 124 valence electrons. The molecule has 3 rings (SSSR count). The Morgan fingerprint density at radius 1 is 1.32 bits per heavy atom. The summed E-state index contributed by atoms with van der Waals surface area (Å²) < 4.78 is 5.39. The SMILES string of the molecule is CCc1ccc2occ(C(=O)[C@@H](C#N)C(=O)Nc3ccccn3)c2c1. The average Bonchev–Trinajstić information content (AvgIpc) is 3.06. The van der Waals surface area contributed by atoms with Crippen molar-refractivity contribution in [3.8, 4) is 6.07 Å². The third-order valence-electron chi connectivity index (χ3n) is 3.88. The second-order valence-corrected chi connectivity index (χ2v) is 5.46. The Bertz CT molecular complexity index is 970. The normalized spacial score (nSPS) is 11.7. The number of nitrogens with one attached hydrogen (secondary N) is 1. The Balaban J connectivity index is 1.90. The number of amides is 1. The molecule has 25 heavy (non-hydrogen) atoms. The summed E-state index contributed by atoms with van der Waals surface area (Å²) in [6.45, 7) is 2.00. The molecule has 1 atom stereocenters. The van der Waals surface area contributed by atoms with Gasteiger partial charge in [-0.05, 0) is 36.2 Å². The highest BCUT2D eigenvalue weighted by Gasteiger charge is 2.30. The van der Waals surface area contributed by atoms with Crippen molar-refractivity contribution in [2.24, 2.45) is 5.92 Å². The van der Waals surface area contributed by atoms with Crippen LogP contribution in [0.25, 0.3) is 11.0 Å². The number of rotatable bonds is 5. The molecule has 0 bridgehead atoms. The van der Waals surface area contributed by atoms with Crippen LogP contribution in [0.5, 0.6) is 0 Å². The third kappa shape index (κ3) is 3.26. The maximum absolute atomic E-state index is 12.7. The first-order chi connectivity index (χ1) is 12.1. The summed E-state index contributed by atoms with van der Waals surface area (Å²) in [5.41, 5.74) is 1.81. The number of hydrogen-bond donors (Lipinski definition) is 1. The summed E-state index contributed by atoms with van der Waals surface area (Å²) in [5.74, 6) is -2.51. The second kappa shape index (κ2) is 6.97. The number of pyridine rings is 1. The van der Waals surface area contributed by atoms with E-state index in [1.54, 1.807) is 30.3 Å². The van der Waals surface area contributed by atoms with Crippen LogP contribution in [0.2, 0.25) is 0 Å². The number of fused-ring (bicyclic) bond motifs is 1. The highest BCUT2D eigenvalue weighted by atomic mass is 16.3. The van der Waals surface area contributed by atoms with E-state index in [-0.39, 0.29) is 11.4 Å². The molecule has 0 unspecified atom stereocenters. The number of aryl methyl sites for hydroxylation is 1. The Morgan fingerprint density at radius 3 is 2.84 bits per heavy atom. The quantitative estimate of drug-likeness (QED) is 0.570. The minimum absolute atomic E-state index is 0.230. The summed E-state index contributed by atoms with van der Waals surface area (Å²) in [5, 5.41) is 12.4. The van der Waals surface area contributed by atoms with Crippen molar-refractivity contribution in [2.75, 3.05) is 5.32 Å². The first kappa shape index (κ1) is 16.4. The second-order valence-electron chi connectivity index (χ2n) is 5.46. The van der Waals surface area contributed by atoms with Gasteiger partial charge in [0.1, 0.15) is 17.7 Å². The lowest BCUT2D eigenvalue weighted by molar-refractivity contribution is -0.117. The molecular weight excluding hydrogens is 318 g/mol. The zero-order valence-electron chi connectivity index (χ0n) is 13.5. The number of anilines is 1. The third-order valence-corrected chi connectivity index (χ3v) is 3.88. The number of hydrogen-bond acceptors (Lipinski definition) is 5. The number of furan rings is 1. The molecule has 0 radical (unpaired) electrons. The van der Waals surface area contributed by atoms with E-state index >= 15 is 0 Å². The summed E-state index contributed by atoms with van der Waals surface area (Å²) in [6, 6.07) is 12.3. The molecule has 1 N–H and O–H groups in total. The maximum Gasteiger partial charge on any atom is 0.250 e. The first-order valence-corrected chi connectivity index (χ1v) is 7.80. The standard InChI is InChI=1S/C19H15N3O3/c1-2-12-6-7-16-13(9-12)15(11-25-16)18(23)14(10-20)19(24)22-17-5-3-4-8-21-17/h3-9,11,14H,2H2,1H3,(H,21,22,24)/t14-/m1/s1. The molecule has 6 heteroatoms. The van der Waals surface area contributed by atoms with E-state index < -0.39 is 17.6 Å². The van der Waals surface area contributed by atoms with E-state index in [9.17, 15) is 14.9 Å². The van der Waals surface area contributed by atoms with Crippen LogP contribution in [0, 0.1) is 17.2 Å². The number of nitriles is 1. The molecule has 2 heterocycles. The van der Waals surface area contributed by atoms with E-state index in [1.165, 1.54) is 12.5 Å². The van der Waals surface area contributed by atoms with E-state index in [4.69, 9.17) is 4.42 Å². The van der Waals surface area contributed by atoms with Crippen molar-refractivity contribution in [3.05, 3.63) is 60.0 Å². The van der Waals surface area contributed by atoms with Crippen LogP contribution in [0.1, 0.15) is 22.8 Å². The largest absolute Gasteiger partial charge is 0.464 e. The van der Waals surface area contributed by atoms with Gasteiger partial charge >= 0.3 is 0 Å². The number of carbonyl (C=O) groups is 2. The lowest BCUT2D eigenvalue weighted by atomic mass is 9.96. The summed E-state index contributed by atoms with van der Waals surface area (Å²) in [7, 11) is 0.